The van der Waals surface area contributed by atoms with Gasteiger partial charge in [-0.25, -0.2) is 0 Å². The van der Waals surface area contributed by atoms with Crippen LogP contribution in [0.5, 0.6) is 11.5 Å². The lowest BCUT2D eigenvalue weighted by Crippen LogP contribution is -2.32. The van der Waals surface area contributed by atoms with Crippen molar-refractivity contribution in [1.82, 2.24) is 4.90 Å². The van der Waals surface area contributed by atoms with Crippen molar-refractivity contribution in [3.63, 3.8) is 0 Å². The van der Waals surface area contributed by atoms with Crippen molar-refractivity contribution < 1.29 is 23.4 Å². The van der Waals surface area contributed by atoms with E-state index in [0.29, 0.717) is 54.4 Å². The Kier molecular flexibility index (Phi) is 6.51. The van der Waals surface area contributed by atoms with Gasteiger partial charge >= 0.3 is 0 Å². The van der Waals surface area contributed by atoms with Crippen molar-refractivity contribution in [3.05, 3.63) is 81.7 Å². The summed E-state index contributed by atoms with van der Waals surface area (Å²) in [5.74, 6) is 0.832. The quantitative estimate of drug-likeness (QED) is 0.455. The average molecular weight is 450 g/mol. The number of amides is 1. The Morgan fingerprint density at radius 3 is 2.67 bits per heavy atom. The van der Waals surface area contributed by atoms with Crippen LogP contribution in [-0.4, -0.2) is 44.3 Å². The number of hydrogen-bond donors (Lipinski definition) is 0. The molecule has 2 heterocycles. The first-order valence-corrected chi connectivity index (χ1v) is 10.9. The zero-order chi connectivity index (χ0) is 23.5. The van der Waals surface area contributed by atoms with Gasteiger partial charge in [-0.2, -0.15) is 0 Å². The van der Waals surface area contributed by atoms with Crippen molar-refractivity contribution in [1.29, 1.82) is 0 Å². The summed E-state index contributed by atoms with van der Waals surface area (Å²) >= 11 is 0. The molecule has 1 unspecified atom stereocenters. The fourth-order valence-corrected chi connectivity index (χ4v) is 4.13. The smallest absolute Gasteiger partial charge is 0.290 e. The molecule has 1 amide bonds. The number of hydrogen-bond acceptors (Lipinski definition) is 6. The Bertz CT molecular complexity index is 1260. The first kappa shape index (κ1) is 22.6. The lowest BCUT2D eigenvalue weighted by Gasteiger charge is -2.25. The Morgan fingerprint density at radius 1 is 1.12 bits per heavy atom. The monoisotopic (exact) mass is 449 g/mol. The zero-order valence-corrected chi connectivity index (χ0v) is 19.1. The van der Waals surface area contributed by atoms with E-state index in [1.54, 1.807) is 36.3 Å². The lowest BCUT2D eigenvalue weighted by molar-refractivity contribution is 0.0663. The summed E-state index contributed by atoms with van der Waals surface area (Å²) in [5.41, 5.74) is 2.18. The van der Waals surface area contributed by atoms with E-state index in [4.69, 9.17) is 18.6 Å². The Balaban J connectivity index is 1.90. The van der Waals surface area contributed by atoms with Crippen molar-refractivity contribution in [2.45, 2.75) is 19.9 Å². The average Bonchev–Trinajstić information content (AvgIpc) is 3.09. The Hall–Kier alpha value is -3.58. The number of benzene rings is 2. The second-order valence-electron chi connectivity index (χ2n) is 7.81. The van der Waals surface area contributed by atoms with Crippen molar-refractivity contribution in [2.24, 2.45) is 0 Å². The zero-order valence-electron chi connectivity index (χ0n) is 19.1. The molecule has 1 aliphatic rings. The van der Waals surface area contributed by atoms with Crippen LogP contribution in [0.3, 0.4) is 0 Å². The van der Waals surface area contributed by atoms with Gasteiger partial charge in [0.15, 0.2) is 16.9 Å². The van der Waals surface area contributed by atoms with E-state index in [9.17, 15) is 9.59 Å². The largest absolute Gasteiger partial charge is 0.490 e. The van der Waals surface area contributed by atoms with Crippen LogP contribution in [0.15, 0.2) is 58.3 Å². The molecule has 33 heavy (non-hydrogen) atoms. The third kappa shape index (κ3) is 4.12. The van der Waals surface area contributed by atoms with E-state index in [1.807, 2.05) is 32.0 Å². The molecule has 0 fully saturated rings. The molecule has 1 aromatic heterocycles. The van der Waals surface area contributed by atoms with E-state index in [1.165, 1.54) is 0 Å². The highest BCUT2D eigenvalue weighted by Gasteiger charge is 2.42. The molecule has 0 radical (unpaired) electrons. The molecule has 0 saturated carbocycles. The van der Waals surface area contributed by atoms with Gasteiger partial charge < -0.3 is 23.5 Å². The van der Waals surface area contributed by atoms with E-state index >= 15 is 0 Å². The molecule has 172 valence electrons. The van der Waals surface area contributed by atoms with E-state index in [0.717, 1.165) is 11.1 Å². The van der Waals surface area contributed by atoms with Gasteiger partial charge in [0.1, 0.15) is 12.2 Å². The maximum Gasteiger partial charge on any atom is 0.290 e. The van der Waals surface area contributed by atoms with Gasteiger partial charge in [-0.15, -0.1) is 0 Å². The van der Waals surface area contributed by atoms with Crippen LogP contribution in [0, 0.1) is 6.92 Å². The molecular formula is C26H27NO6. The highest BCUT2D eigenvalue weighted by molar-refractivity contribution is 5.99. The first-order valence-electron chi connectivity index (χ1n) is 10.9. The summed E-state index contributed by atoms with van der Waals surface area (Å²) in [7, 11) is 1.57. The molecule has 1 atom stereocenters. The maximum atomic E-state index is 13.6. The molecule has 0 saturated heterocycles. The van der Waals surface area contributed by atoms with Crippen LogP contribution < -0.4 is 14.9 Å². The summed E-state index contributed by atoms with van der Waals surface area (Å²) in [4.78, 5) is 28.6. The normalized spacial score (nSPS) is 15.1. The molecule has 0 aliphatic carbocycles. The molecular weight excluding hydrogens is 422 g/mol. The molecule has 7 heteroatoms. The third-order valence-electron chi connectivity index (χ3n) is 5.60. The topological polar surface area (TPSA) is 78.2 Å². The van der Waals surface area contributed by atoms with Gasteiger partial charge in [0.25, 0.3) is 5.91 Å². The van der Waals surface area contributed by atoms with Gasteiger partial charge in [0, 0.05) is 13.7 Å². The molecule has 0 bridgehead atoms. The fourth-order valence-electron chi connectivity index (χ4n) is 4.13. The van der Waals surface area contributed by atoms with Crippen molar-refractivity contribution >= 4 is 16.9 Å². The van der Waals surface area contributed by atoms with Crippen LogP contribution >= 0.6 is 0 Å². The summed E-state index contributed by atoms with van der Waals surface area (Å²) in [5, 5.41) is 0.455. The summed E-state index contributed by atoms with van der Waals surface area (Å²) in [6, 6.07) is 10.2. The lowest BCUT2D eigenvalue weighted by atomic mass is 9.97. The number of methoxy groups -OCH3 is 1. The van der Waals surface area contributed by atoms with Crippen LogP contribution in [0.4, 0.5) is 0 Å². The Morgan fingerprint density at radius 2 is 1.94 bits per heavy atom. The summed E-state index contributed by atoms with van der Waals surface area (Å²) < 4.78 is 22.7. The highest BCUT2D eigenvalue weighted by Crippen LogP contribution is 2.41. The fraction of sp³-hybridized carbons (Fsp3) is 0.308. The first-order chi connectivity index (χ1) is 16.0. The second kappa shape index (κ2) is 9.50. The number of ether oxygens (including phenoxy) is 3. The summed E-state index contributed by atoms with van der Waals surface area (Å²) in [6.45, 7) is 8.87. The van der Waals surface area contributed by atoms with Crippen LogP contribution in [-0.2, 0) is 4.74 Å². The van der Waals surface area contributed by atoms with E-state index < -0.39 is 6.04 Å². The van der Waals surface area contributed by atoms with Gasteiger partial charge in [-0.3, -0.25) is 9.59 Å². The molecule has 3 aromatic rings. The number of carbonyl (C=O) groups is 1. The van der Waals surface area contributed by atoms with E-state index in [-0.39, 0.29) is 17.1 Å². The van der Waals surface area contributed by atoms with Gasteiger partial charge in [-0.1, -0.05) is 30.4 Å². The molecule has 2 aromatic carbocycles. The predicted molar refractivity (Wildman–Crippen MR) is 125 cm³/mol. The summed E-state index contributed by atoms with van der Waals surface area (Å²) in [6.07, 6.45) is 1.65. The number of aryl methyl sites for hydroxylation is 1. The van der Waals surface area contributed by atoms with Crippen LogP contribution in [0.25, 0.3) is 11.0 Å². The predicted octanol–water partition coefficient (Wildman–Crippen LogP) is 4.26. The third-order valence-corrected chi connectivity index (χ3v) is 5.60. The van der Waals surface area contributed by atoms with E-state index in [2.05, 4.69) is 6.58 Å². The standard InChI is InChI=1S/C26H27NO6/c1-5-12-32-20-10-8-17(15-21(20)31-6-2)23-22-24(28)18-14-16(3)7-9-19(18)33-25(22)26(29)27(23)11-13-30-4/h5,7-10,14-15,23H,1,6,11-13H2,2-4H3. The molecule has 1 aliphatic heterocycles. The number of carbonyl (C=O) groups excluding carboxylic acids is 1. The minimum absolute atomic E-state index is 0.0717. The number of nitrogens with zero attached hydrogens (tertiary/aromatic N) is 1. The SMILES string of the molecule is C=CCOc1ccc(C2c3c(oc4ccc(C)cc4c3=O)C(=O)N2CCOC)cc1OCC. The number of fused-ring (bicyclic) bond motifs is 2. The molecule has 0 spiro atoms. The maximum absolute atomic E-state index is 13.6. The molecule has 4 rings (SSSR count). The van der Waals surface area contributed by atoms with Crippen molar-refractivity contribution in [2.75, 3.05) is 33.5 Å². The van der Waals surface area contributed by atoms with Crippen LogP contribution in [0.1, 0.15) is 40.2 Å². The van der Waals surface area contributed by atoms with Crippen molar-refractivity contribution in [3.8, 4) is 11.5 Å². The Labute approximate surface area is 192 Å². The van der Waals surface area contributed by atoms with Gasteiger partial charge in [-0.05, 0) is 43.7 Å². The molecule has 0 N–H and O–H groups in total. The highest BCUT2D eigenvalue weighted by atomic mass is 16.5. The van der Waals surface area contributed by atoms with Gasteiger partial charge in [0.2, 0.25) is 5.76 Å². The second-order valence-corrected chi connectivity index (χ2v) is 7.81. The minimum atomic E-state index is -0.628. The van der Waals surface area contributed by atoms with Crippen LogP contribution in [0.2, 0.25) is 0 Å². The minimum Gasteiger partial charge on any atom is -0.490 e. The molecule has 7 nitrogen and oxygen atoms in total. The number of rotatable bonds is 9. The van der Waals surface area contributed by atoms with Gasteiger partial charge in [0.05, 0.1) is 30.2 Å².